The number of benzene rings is 1. The van der Waals surface area contributed by atoms with Gasteiger partial charge in [0.2, 0.25) is 5.91 Å². The number of likely N-dealkylation sites (tertiary alicyclic amines) is 1. The number of ether oxygens (including phenoxy) is 1. The van der Waals surface area contributed by atoms with Crippen molar-refractivity contribution in [2.45, 2.75) is 51.0 Å². The number of carbonyl (C=O) groups excluding carboxylic acids is 2. The predicted molar refractivity (Wildman–Crippen MR) is 122 cm³/mol. The van der Waals surface area contributed by atoms with Crippen LogP contribution in [0.15, 0.2) is 18.2 Å². The van der Waals surface area contributed by atoms with E-state index in [1.807, 2.05) is 17.0 Å². The van der Waals surface area contributed by atoms with Crippen molar-refractivity contribution in [2.24, 2.45) is 0 Å². The number of rotatable bonds is 5. The Hall–Kier alpha value is -1.99. The predicted octanol–water partition coefficient (Wildman–Crippen LogP) is 3.82. The molecule has 1 saturated carbocycles. The standard InChI is InChI=1S/C23H33ClN4O3/c24-20-16-18(8-9-21(20)31-19-6-2-3-7-19)25-23(30)28-14-12-26(13-15-28)17-22(29)27-10-4-1-5-11-27/h8-9,16,19H,1-7,10-15,17H2,(H,25,30). The maximum absolute atomic E-state index is 12.7. The van der Waals surface area contributed by atoms with Gasteiger partial charge in [-0.25, -0.2) is 4.79 Å². The molecular formula is C23H33ClN4O3. The molecule has 0 bridgehead atoms. The lowest BCUT2D eigenvalue weighted by molar-refractivity contribution is -0.133. The number of hydrogen-bond donors (Lipinski definition) is 1. The first-order valence-corrected chi connectivity index (χ1v) is 12.0. The average molecular weight is 449 g/mol. The number of carbonyl (C=O) groups is 2. The van der Waals surface area contributed by atoms with E-state index in [-0.39, 0.29) is 18.0 Å². The van der Waals surface area contributed by atoms with Crippen LogP contribution in [0, 0.1) is 0 Å². The third-order valence-electron chi connectivity index (χ3n) is 6.51. The first-order chi connectivity index (χ1) is 15.1. The van der Waals surface area contributed by atoms with Crippen molar-refractivity contribution in [1.82, 2.24) is 14.7 Å². The second kappa shape index (κ2) is 10.6. The molecule has 1 N–H and O–H groups in total. The van der Waals surface area contributed by atoms with Gasteiger partial charge in [-0.3, -0.25) is 9.69 Å². The van der Waals surface area contributed by atoms with Crippen molar-refractivity contribution in [3.63, 3.8) is 0 Å². The van der Waals surface area contributed by atoms with E-state index in [9.17, 15) is 9.59 Å². The highest BCUT2D eigenvalue weighted by molar-refractivity contribution is 6.32. The van der Waals surface area contributed by atoms with Gasteiger partial charge in [0, 0.05) is 45.0 Å². The maximum Gasteiger partial charge on any atom is 0.321 e. The van der Waals surface area contributed by atoms with E-state index in [2.05, 4.69) is 10.2 Å². The number of amides is 3. The fourth-order valence-electron chi connectivity index (χ4n) is 4.61. The van der Waals surface area contributed by atoms with Crippen molar-refractivity contribution in [3.8, 4) is 5.75 Å². The summed E-state index contributed by atoms with van der Waals surface area (Å²) in [4.78, 5) is 31.0. The van der Waals surface area contributed by atoms with Crippen LogP contribution in [0.3, 0.4) is 0 Å². The molecule has 2 aliphatic heterocycles. The Balaban J connectivity index is 1.22. The minimum atomic E-state index is -0.137. The zero-order valence-corrected chi connectivity index (χ0v) is 18.9. The van der Waals surface area contributed by atoms with Gasteiger partial charge in [0.1, 0.15) is 5.75 Å². The molecular weight excluding hydrogens is 416 g/mol. The van der Waals surface area contributed by atoms with Crippen molar-refractivity contribution in [1.29, 1.82) is 0 Å². The zero-order chi connectivity index (χ0) is 21.6. The topological polar surface area (TPSA) is 65.1 Å². The minimum Gasteiger partial charge on any atom is -0.489 e. The monoisotopic (exact) mass is 448 g/mol. The molecule has 3 amide bonds. The summed E-state index contributed by atoms with van der Waals surface area (Å²) in [7, 11) is 0. The number of piperidine rings is 1. The van der Waals surface area contributed by atoms with E-state index in [4.69, 9.17) is 16.3 Å². The highest BCUT2D eigenvalue weighted by atomic mass is 35.5. The summed E-state index contributed by atoms with van der Waals surface area (Å²) >= 11 is 6.38. The lowest BCUT2D eigenvalue weighted by Gasteiger charge is -2.36. The highest BCUT2D eigenvalue weighted by Gasteiger charge is 2.25. The van der Waals surface area contributed by atoms with Crippen molar-refractivity contribution >= 4 is 29.2 Å². The molecule has 0 spiro atoms. The van der Waals surface area contributed by atoms with Crippen molar-refractivity contribution < 1.29 is 14.3 Å². The summed E-state index contributed by atoms with van der Waals surface area (Å²) in [6, 6.07) is 5.28. The smallest absolute Gasteiger partial charge is 0.321 e. The number of nitrogens with zero attached hydrogens (tertiary/aromatic N) is 3. The molecule has 31 heavy (non-hydrogen) atoms. The molecule has 8 heteroatoms. The van der Waals surface area contributed by atoms with Gasteiger partial charge in [0.15, 0.2) is 0 Å². The van der Waals surface area contributed by atoms with Gasteiger partial charge < -0.3 is 19.9 Å². The molecule has 0 atom stereocenters. The molecule has 0 unspecified atom stereocenters. The first kappa shape index (κ1) is 22.2. The molecule has 3 fully saturated rings. The number of hydrogen-bond acceptors (Lipinski definition) is 4. The summed E-state index contributed by atoms with van der Waals surface area (Å²) < 4.78 is 5.98. The fraction of sp³-hybridized carbons (Fsp3) is 0.652. The quantitative estimate of drug-likeness (QED) is 0.743. The van der Waals surface area contributed by atoms with Crippen LogP contribution >= 0.6 is 11.6 Å². The fourth-order valence-corrected chi connectivity index (χ4v) is 4.83. The molecule has 4 rings (SSSR count). The molecule has 1 aromatic rings. The van der Waals surface area contributed by atoms with Gasteiger partial charge in [-0.1, -0.05) is 11.6 Å². The Bertz CT molecular complexity index is 770. The van der Waals surface area contributed by atoms with Crippen LogP contribution in [0.25, 0.3) is 0 Å². The third kappa shape index (κ3) is 6.04. The average Bonchev–Trinajstić information content (AvgIpc) is 3.30. The van der Waals surface area contributed by atoms with Gasteiger partial charge in [-0.05, 0) is 63.1 Å². The van der Waals surface area contributed by atoms with Crippen LogP contribution in [0.4, 0.5) is 10.5 Å². The summed E-state index contributed by atoms with van der Waals surface area (Å²) in [6.45, 7) is 4.85. The Labute approximate surface area is 189 Å². The second-order valence-electron chi connectivity index (χ2n) is 8.80. The van der Waals surface area contributed by atoms with E-state index in [1.165, 1.54) is 19.3 Å². The van der Waals surface area contributed by atoms with Crippen LogP contribution in [-0.2, 0) is 4.79 Å². The number of urea groups is 1. The van der Waals surface area contributed by atoms with Crippen molar-refractivity contribution in [3.05, 3.63) is 23.2 Å². The lowest BCUT2D eigenvalue weighted by atomic mass is 10.1. The Morgan fingerprint density at radius 1 is 0.935 bits per heavy atom. The largest absolute Gasteiger partial charge is 0.489 e. The number of nitrogens with one attached hydrogen (secondary N) is 1. The number of halogens is 1. The van der Waals surface area contributed by atoms with Gasteiger partial charge in [0.05, 0.1) is 17.7 Å². The molecule has 170 valence electrons. The molecule has 0 radical (unpaired) electrons. The Morgan fingerprint density at radius 2 is 1.65 bits per heavy atom. The van der Waals surface area contributed by atoms with E-state index >= 15 is 0 Å². The van der Waals surface area contributed by atoms with Crippen LogP contribution in [-0.4, -0.2) is 78.6 Å². The van der Waals surface area contributed by atoms with Crippen molar-refractivity contribution in [2.75, 3.05) is 51.1 Å². The van der Waals surface area contributed by atoms with Crippen LogP contribution in [0.5, 0.6) is 5.75 Å². The summed E-state index contributed by atoms with van der Waals surface area (Å²) in [5.74, 6) is 0.894. The molecule has 3 aliphatic rings. The Kier molecular flexibility index (Phi) is 7.56. The van der Waals surface area contributed by atoms with Crippen LogP contribution in [0.2, 0.25) is 5.02 Å². The lowest BCUT2D eigenvalue weighted by Crippen LogP contribution is -2.52. The molecule has 2 heterocycles. The van der Waals surface area contributed by atoms with E-state index < -0.39 is 0 Å². The van der Waals surface area contributed by atoms with Crippen LogP contribution < -0.4 is 10.1 Å². The van der Waals surface area contributed by atoms with E-state index in [0.29, 0.717) is 49.2 Å². The van der Waals surface area contributed by atoms with Gasteiger partial charge in [0.25, 0.3) is 0 Å². The Morgan fingerprint density at radius 3 is 2.32 bits per heavy atom. The summed E-state index contributed by atoms with van der Waals surface area (Å²) in [5, 5.41) is 3.45. The van der Waals surface area contributed by atoms with Gasteiger partial charge >= 0.3 is 6.03 Å². The maximum atomic E-state index is 12.7. The normalized spacial score (nSPS) is 20.7. The summed E-state index contributed by atoms with van der Waals surface area (Å²) in [5.41, 5.74) is 0.663. The summed E-state index contributed by atoms with van der Waals surface area (Å²) in [6.07, 6.45) is 8.24. The molecule has 2 saturated heterocycles. The van der Waals surface area contributed by atoms with Gasteiger partial charge in [-0.15, -0.1) is 0 Å². The number of anilines is 1. The first-order valence-electron chi connectivity index (χ1n) is 11.6. The van der Waals surface area contributed by atoms with E-state index in [0.717, 1.165) is 38.8 Å². The second-order valence-corrected chi connectivity index (χ2v) is 9.21. The van der Waals surface area contributed by atoms with Crippen LogP contribution in [0.1, 0.15) is 44.9 Å². The minimum absolute atomic E-state index is 0.137. The molecule has 0 aromatic heterocycles. The number of piperazine rings is 1. The third-order valence-corrected chi connectivity index (χ3v) is 6.80. The van der Waals surface area contributed by atoms with E-state index in [1.54, 1.807) is 11.0 Å². The SMILES string of the molecule is O=C(CN1CCN(C(=O)Nc2ccc(OC3CCCC3)c(Cl)c2)CC1)N1CCCCC1. The highest BCUT2D eigenvalue weighted by Crippen LogP contribution is 2.31. The molecule has 1 aromatic carbocycles. The zero-order valence-electron chi connectivity index (χ0n) is 18.2. The molecule has 7 nitrogen and oxygen atoms in total. The van der Waals surface area contributed by atoms with Gasteiger partial charge in [-0.2, -0.15) is 0 Å². The molecule has 1 aliphatic carbocycles.